The van der Waals surface area contributed by atoms with E-state index >= 15 is 0 Å². The zero-order chi connectivity index (χ0) is 25.9. The van der Waals surface area contributed by atoms with Crippen molar-refractivity contribution in [3.63, 3.8) is 0 Å². The van der Waals surface area contributed by atoms with E-state index in [4.69, 9.17) is 11.6 Å². The van der Waals surface area contributed by atoms with Crippen molar-refractivity contribution in [1.29, 1.82) is 0 Å². The molecule has 2 atom stereocenters. The Labute approximate surface area is 219 Å². The minimum absolute atomic E-state index is 0.0802. The minimum Gasteiger partial charge on any atom is -0.340 e. The SMILES string of the molecule is CC1=CCC(S(=O)(=O)N2CCC(NC(=O)N3CCCC3C(=O)N(C)Cc3ccc(Cl)cc3)CC2)C=C1. The third kappa shape index (κ3) is 6.12. The number of urea groups is 1. The summed E-state index contributed by atoms with van der Waals surface area (Å²) >= 11 is 5.95. The molecule has 2 aliphatic heterocycles. The van der Waals surface area contributed by atoms with E-state index in [2.05, 4.69) is 5.32 Å². The Hall–Kier alpha value is -2.36. The van der Waals surface area contributed by atoms with Gasteiger partial charge in [-0.25, -0.2) is 17.5 Å². The van der Waals surface area contributed by atoms with Crippen LogP contribution in [0.3, 0.4) is 0 Å². The molecule has 196 valence electrons. The van der Waals surface area contributed by atoms with Crippen LogP contribution in [0.1, 0.15) is 44.6 Å². The fraction of sp³-hybridized carbons (Fsp3) is 0.538. The lowest BCUT2D eigenvalue weighted by atomic mass is 10.1. The maximum atomic E-state index is 13.1. The number of allylic oxidation sites excluding steroid dienone is 3. The summed E-state index contributed by atoms with van der Waals surface area (Å²) in [7, 11) is -1.66. The minimum atomic E-state index is -3.41. The lowest BCUT2D eigenvalue weighted by molar-refractivity contribution is -0.134. The molecule has 2 unspecified atom stereocenters. The van der Waals surface area contributed by atoms with Gasteiger partial charge in [-0.05, 0) is 56.7 Å². The zero-order valence-electron chi connectivity index (χ0n) is 20.9. The zero-order valence-corrected chi connectivity index (χ0v) is 22.5. The van der Waals surface area contributed by atoms with Crippen molar-refractivity contribution in [1.82, 2.24) is 19.4 Å². The summed E-state index contributed by atoms with van der Waals surface area (Å²) in [4.78, 5) is 29.5. The highest BCUT2D eigenvalue weighted by molar-refractivity contribution is 7.89. The molecule has 0 spiro atoms. The Morgan fingerprint density at radius 3 is 2.44 bits per heavy atom. The Morgan fingerprint density at radius 1 is 1.11 bits per heavy atom. The first-order valence-electron chi connectivity index (χ1n) is 12.6. The summed E-state index contributed by atoms with van der Waals surface area (Å²) in [5, 5.41) is 3.18. The molecule has 2 fully saturated rings. The predicted octanol–water partition coefficient (Wildman–Crippen LogP) is 3.54. The van der Waals surface area contributed by atoms with Crippen LogP contribution in [0, 0.1) is 0 Å². The molecule has 3 aliphatic rings. The number of benzene rings is 1. The number of likely N-dealkylation sites (tertiary alicyclic amines) is 1. The molecule has 0 bridgehead atoms. The van der Waals surface area contributed by atoms with E-state index in [-0.39, 0.29) is 18.0 Å². The lowest BCUT2D eigenvalue weighted by Gasteiger charge is -2.35. The van der Waals surface area contributed by atoms with E-state index in [0.29, 0.717) is 56.9 Å². The molecule has 1 N–H and O–H groups in total. The second-order valence-corrected chi connectivity index (χ2v) is 12.5. The van der Waals surface area contributed by atoms with Gasteiger partial charge >= 0.3 is 6.03 Å². The van der Waals surface area contributed by atoms with Crippen LogP contribution in [0.25, 0.3) is 0 Å². The molecule has 0 saturated carbocycles. The Morgan fingerprint density at radius 2 is 1.81 bits per heavy atom. The summed E-state index contributed by atoms with van der Waals surface area (Å²) in [6.45, 7) is 3.70. The van der Waals surface area contributed by atoms with Crippen LogP contribution in [0.5, 0.6) is 0 Å². The Balaban J connectivity index is 1.28. The summed E-state index contributed by atoms with van der Waals surface area (Å²) < 4.78 is 27.6. The van der Waals surface area contributed by atoms with Gasteiger partial charge in [-0.3, -0.25) is 4.79 Å². The molecule has 1 aliphatic carbocycles. The summed E-state index contributed by atoms with van der Waals surface area (Å²) in [5.41, 5.74) is 2.05. The number of rotatable bonds is 6. The molecule has 3 amide bonds. The maximum Gasteiger partial charge on any atom is 0.318 e. The number of hydrogen-bond acceptors (Lipinski definition) is 4. The largest absolute Gasteiger partial charge is 0.340 e. The van der Waals surface area contributed by atoms with Crippen molar-refractivity contribution in [2.45, 2.75) is 62.9 Å². The first-order chi connectivity index (χ1) is 17.1. The third-order valence-corrected chi connectivity index (χ3v) is 9.73. The molecular weight excluding hydrogens is 500 g/mol. The number of hydrogen-bond donors (Lipinski definition) is 1. The van der Waals surface area contributed by atoms with E-state index in [1.54, 1.807) is 39.4 Å². The van der Waals surface area contributed by atoms with E-state index in [1.165, 1.54) is 0 Å². The molecule has 36 heavy (non-hydrogen) atoms. The van der Waals surface area contributed by atoms with Gasteiger partial charge < -0.3 is 15.1 Å². The molecule has 1 aromatic carbocycles. The molecule has 1 aromatic rings. The van der Waals surface area contributed by atoms with Crippen LogP contribution in [-0.4, -0.2) is 78.5 Å². The number of amides is 3. The molecule has 8 nitrogen and oxygen atoms in total. The number of sulfonamides is 1. The lowest BCUT2D eigenvalue weighted by Crippen LogP contribution is -2.54. The van der Waals surface area contributed by atoms with Gasteiger partial charge in [0.25, 0.3) is 0 Å². The van der Waals surface area contributed by atoms with Gasteiger partial charge in [0.15, 0.2) is 0 Å². The molecule has 4 rings (SSSR count). The van der Waals surface area contributed by atoms with Crippen molar-refractivity contribution in [3.05, 3.63) is 58.7 Å². The van der Waals surface area contributed by atoms with Gasteiger partial charge in [-0.15, -0.1) is 0 Å². The van der Waals surface area contributed by atoms with Crippen molar-refractivity contribution in [2.75, 3.05) is 26.7 Å². The average molecular weight is 535 g/mol. The fourth-order valence-electron chi connectivity index (χ4n) is 5.09. The van der Waals surface area contributed by atoms with Gasteiger partial charge in [0.2, 0.25) is 15.9 Å². The highest BCUT2D eigenvalue weighted by Crippen LogP contribution is 2.25. The van der Waals surface area contributed by atoms with Crippen LogP contribution in [0.15, 0.2) is 48.1 Å². The first-order valence-corrected chi connectivity index (χ1v) is 14.4. The van der Waals surface area contributed by atoms with Crippen LogP contribution in [-0.2, 0) is 21.4 Å². The number of nitrogens with one attached hydrogen (secondary N) is 1. The number of piperidine rings is 1. The van der Waals surface area contributed by atoms with Gasteiger partial charge in [0.1, 0.15) is 6.04 Å². The summed E-state index contributed by atoms with van der Waals surface area (Å²) in [5.74, 6) is -0.0802. The molecular formula is C26H35ClN4O4S. The van der Waals surface area contributed by atoms with Gasteiger partial charge in [-0.2, -0.15) is 0 Å². The van der Waals surface area contributed by atoms with Crippen LogP contribution >= 0.6 is 11.6 Å². The molecule has 0 radical (unpaired) electrons. The van der Waals surface area contributed by atoms with Crippen LogP contribution in [0.2, 0.25) is 5.02 Å². The Bertz CT molecular complexity index is 1130. The van der Waals surface area contributed by atoms with Crippen molar-refractivity contribution >= 4 is 33.6 Å². The smallest absolute Gasteiger partial charge is 0.318 e. The molecule has 10 heteroatoms. The predicted molar refractivity (Wildman–Crippen MR) is 141 cm³/mol. The second-order valence-electron chi connectivity index (χ2n) is 9.92. The van der Waals surface area contributed by atoms with Crippen molar-refractivity contribution in [2.24, 2.45) is 0 Å². The highest BCUT2D eigenvalue weighted by Gasteiger charge is 2.38. The normalized spacial score (nSPS) is 23.4. The number of halogens is 1. The second kappa shape index (κ2) is 11.4. The number of nitrogens with zero attached hydrogens (tertiary/aromatic N) is 3. The fourth-order valence-corrected chi connectivity index (χ4v) is 6.94. The number of likely N-dealkylation sites (N-methyl/N-ethyl adjacent to an activating group) is 1. The topological polar surface area (TPSA) is 90.0 Å². The van der Waals surface area contributed by atoms with Crippen molar-refractivity contribution in [3.8, 4) is 0 Å². The van der Waals surface area contributed by atoms with Gasteiger partial charge in [0, 0.05) is 44.3 Å². The molecule has 2 saturated heterocycles. The van der Waals surface area contributed by atoms with Gasteiger partial charge in [0.05, 0.1) is 5.25 Å². The van der Waals surface area contributed by atoms with Crippen LogP contribution in [0.4, 0.5) is 4.79 Å². The number of carbonyl (C=O) groups excluding carboxylic acids is 2. The molecule has 0 aromatic heterocycles. The average Bonchev–Trinajstić information content (AvgIpc) is 3.36. The monoisotopic (exact) mass is 534 g/mol. The standard InChI is InChI=1S/C26H35ClN4O4S/c1-19-5-11-23(12-6-19)36(34,35)30-16-13-22(14-17-30)28-26(33)31-15-3-4-24(31)25(32)29(2)18-20-7-9-21(27)10-8-20/h5-11,22-24H,3-4,12-18H2,1-2H3,(H,28,33). The number of carbonyl (C=O) groups is 2. The molecule has 2 heterocycles. The summed E-state index contributed by atoms with van der Waals surface area (Å²) in [6.07, 6.45) is 8.60. The van der Waals surface area contributed by atoms with E-state index in [1.807, 2.05) is 31.2 Å². The highest BCUT2D eigenvalue weighted by atomic mass is 35.5. The Kier molecular flexibility index (Phi) is 8.42. The summed E-state index contributed by atoms with van der Waals surface area (Å²) in [6, 6.07) is 6.52. The van der Waals surface area contributed by atoms with Crippen LogP contribution < -0.4 is 5.32 Å². The van der Waals surface area contributed by atoms with E-state index in [9.17, 15) is 18.0 Å². The maximum absolute atomic E-state index is 13.1. The van der Waals surface area contributed by atoms with Crippen molar-refractivity contribution < 1.29 is 18.0 Å². The first kappa shape index (κ1) is 26.7. The van der Waals surface area contributed by atoms with Gasteiger partial charge in [-0.1, -0.05) is 47.5 Å². The van der Waals surface area contributed by atoms with E-state index < -0.39 is 21.3 Å². The third-order valence-electron chi connectivity index (χ3n) is 7.28. The van der Waals surface area contributed by atoms with E-state index in [0.717, 1.165) is 17.6 Å². The quantitative estimate of drug-likeness (QED) is 0.604.